The Morgan fingerprint density at radius 3 is 2.80 bits per heavy atom. The third kappa shape index (κ3) is 3.31. The Hall–Kier alpha value is -2.96. The first kappa shape index (κ1) is 16.9. The summed E-state index contributed by atoms with van der Waals surface area (Å²) in [6.07, 6.45) is 8.02. The summed E-state index contributed by atoms with van der Waals surface area (Å²) >= 11 is 0. The van der Waals surface area contributed by atoms with Crippen LogP contribution in [-0.2, 0) is 6.54 Å². The van der Waals surface area contributed by atoms with Crippen LogP contribution in [0.15, 0.2) is 24.5 Å². The van der Waals surface area contributed by atoms with Gasteiger partial charge in [0.15, 0.2) is 5.65 Å². The van der Waals surface area contributed by atoms with Gasteiger partial charge in [0.1, 0.15) is 0 Å². The summed E-state index contributed by atoms with van der Waals surface area (Å²) in [5.41, 5.74) is 2.32. The predicted octanol–water partition coefficient (Wildman–Crippen LogP) is 3.49. The molecule has 3 heterocycles. The molecule has 0 aliphatic carbocycles. The highest BCUT2D eigenvalue weighted by atomic mass is 16.4. The minimum Gasteiger partial charge on any atom is -0.478 e. The van der Waals surface area contributed by atoms with Crippen LogP contribution in [0.4, 0.5) is 0 Å². The lowest BCUT2D eigenvalue weighted by Crippen LogP contribution is -2.05. The van der Waals surface area contributed by atoms with Gasteiger partial charge in [-0.15, -0.1) is 0 Å². The van der Waals surface area contributed by atoms with Crippen molar-refractivity contribution >= 4 is 29.2 Å². The highest BCUT2D eigenvalue weighted by Crippen LogP contribution is 2.22. The molecule has 3 aromatic rings. The topological polar surface area (TPSA) is 85.8 Å². The van der Waals surface area contributed by atoms with Crippen LogP contribution in [-0.4, -0.2) is 35.6 Å². The van der Waals surface area contributed by atoms with Gasteiger partial charge in [0.05, 0.1) is 28.5 Å². The quantitative estimate of drug-likeness (QED) is 0.743. The normalized spacial score (nSPS) is 11.8. The fraction of sp³-hybridized carbons (Fsp3) is 0.333. The van der Waals surface area contributed by atoms with E-state index in [9.17, 15) is 9.90 Å². The van der Waals surface area contributed by atoms with E-state index in [1.807, 2.05) is 36.7 Å². The zero-order chi connectivity index (χ0) is 18.0. The third-order valence-corrected chi connectivity index (χ3v) is 3.92. The molecule has 7 nitrogen and oxygen atoms in total. The van der Waals surface area contributed by atoms with E-state index in [-0.39, 0.29) is 11.6 Å². The van der Waals surface area contributed by atoms with E-state index in [4.69, 9.17) is 0 Å². The zero-order valence-corrected chi connectivity index (χ0v) is 14.5. The number of aryl methyl sites for hydroxylation is 1. The van der Waals surface area contributed by atoms with Gasteiger partial charge in [0, 0.05) is 18.8 Å². The van der Waals surface area contributed by atoms with Crippen LogP contribution in [0, 0.1) is 0 Å². The molecule has 0 aromatic carbocycles. The number of carboxylic acid groups (broad SMARTS) is 1. The smallest absolute Gasteiger partial charge is 0.336 e. The van der Waals surface area contributed by atoms with Crippen LogP contribution in [0.25, 0.3) is 23.2 Å². The molecule has 0 unspecified atom stereocenters. The Kier molecular flexibility index (Phi) is 4.65. The molecular formula is C18H21N5O2. The van der Waals surface area contributed by atoms with E-state index in [0.717, 1.165) is 18.7 Å². The molecule has 3 aromatic heterocycles. The van der Waals surface area contributed by atoms with E-state index in [0.29, 0.717) is 16.7 Å². The number of hydrogen-bond acceptors (Lipinski definition) is 4. The number of rotatable bonds is 6. The van der Waals surface area contributed by atoms with Gasteiger partial charge in [0.2, 0.25) is 0 Å². The van der Waals surface area contributed by atoms with Gasteiger partial charge >= 0.3 is 5.97 Å². The number of aromatic nitrogens is 5. The predicted molar refractivity (Wildman–Crippen MR) is 96.3 cm³/mol. The molecule has 0 aliphatic heterocycles. The maximum absolute atomic E-state index is 11.6. The summed E-state index contributed by atoms with van der Waals surface area (Å²) in [5, 5.41) is 18.6. The molecule has 0 radical (unpaired) electrons. The fourth-order valence-corrected chi connectivity index (χ4v) is 2.73. The monoisotopic (exact) mass is 339 g/mol. The number of hydrogen-bond donors (Lipinski definition) is 1. The highest BCUT2D eigenvalue weighted by molar-refractivity contribution is 6.02. The second kappa shape index (κ2) is 6.88. The Balaban J connectivity index is 2.06. The molecule has 25 heavy (non-hydrogen) atoms. The van der Waals surface area contributed by atoms with E-state index in [1.54, 1.807) is 23.1 Å². The summed E-state index contributed by atoms with van der Waals surface area (Å²) in [7, 11) is 0. The van der Waals surface area contributed by atoms with Gasteiger partial charge in [-0.25, -0.2) is 14.5 Å². The molecule has 7 heteroatoms. The van der Waals surface area contributed by atoms with Crippen molar-refractivity contribution in [3.63, 3.8) is 0 Å². The van der Waals surface area contributed by atoms with Crippen LogP contribution in [0.1, 0.15) is 55.0 Å². The maximum atomic E-state index is 11.6. The molecule has 0 bridgehead atoms. The molecule has 1 N–H and O–H groups in total. The first-order valence-corrected chi connectivity index (χ1v) is 8.32. The molecule has 0 fully saturated rings. The van der Waals surface area contributed by atoms with Crippen LogP contribution >= 0.6 is 0 Å². The number of carboxylic acids is 1. The number of fused-ring (bicyclic) bond motifs is 1. The minimum atomic E-state index is -0.985. The maximum Gasteiger partial charge on any atom is 0.336 e. The average Bonchev–Trinajstić information content (AvgIpc) is 3.18. The van der Waals surface area contributed by atoms with Crippen LogP contribution in [0.2, 0.25) is 0 Å². The molecule has 0 amide bonds. The van der Waals surface area contributed by atoms with Crippen LogP contribution in [0.3, 0.4) is 0 Å². The van der Waals surface area contributed by atoms with Gasteiger partial charge in [-0.05, 0) is 44.6 Å². The Bertz CT molecular complexity index is 936. The average molecular weight is 339 g/mol. The second-order valence-corrected chi connectivity index (χ2v) is 6.13. The van der Waals surface area contributed by atoms with Gasteiger partial charge in [0.25, 0.3) is 0 Å². The van der Waals surface area contributed by atoms with Crippen molar-refractivity contribution in [3.05, 3.63) is 41.5 Å². The summed E-state index contributed by atoms with van der Waals surface area (Å²) < 4.78 is 3.64. The molecule has 0 spiro atoms. The first-order chi connectivity index (χ1) is 12.0. The van der Waals surface area contributed by atoms with E-state index in [2.05, 4.69) is 22.1 Å². The summed E-state index contributed by atoms with van der Waals surface area (Å²) in [4.78, 5) is 16.2. The molecule has 0 atom stereocenters. The van der Waals surface area contributed by atoms with Gasteiger partial charge in [-0.3, -0.25) is 4.68 Å². The van der Waals surface area contributed by atoms with E-state index >= 15 is 0 Å². The van der Waals surface area contributed by atoms with Crippen molar-refractivity contribution < 1.29 is 9.90 Å². The highest BCUT2D eigenvalue weighted by Gasteiger charge is 2.16. The summed E-state index contributed by atoms with van der Waals surface area (Å²) in [6.45, 7) is 6.90. The van der Waals surface area contributed by atoms with Gasteiger partial charge < -0.3 is 5.11 Å². The lowest BCUT2D eigenvalue weighted by Gasteiger charge is -2.07. The van der Waals surface area contributed by atoms with Crippen molar-refractivity contribution in [3.8, 4) is 0 Å². The minimum absolute atomic E-state index is 0.0943. The SMILES string of the molecule is CCCn1nccc1C=Cc1cc(C(=O)O)c2cnn(C(C)C)c2n1. The lowest BCUT2D eigenvalue weighted by molar-refractivity contribution is 0.0699. The number of pyridine rings is 1. The third-order valence-electron chi connectivity index (χ3n) is 3.92. The number of nitrogens with zero attached hydrogens (tertiary/aromatic N) is 5. The van der Waals surface area contributed by atoms with Gasteiger partial charge in [-0.1, -0.05) is 6.92 Å². The van der Waals surface area contributed by atoms with Crippen LogP contribution < -0.4 is 0 Å². The Morgan fingerprint density at radius 1 is 1.32 bits per heavy atom. The van der Waals surface area contributed by atoms with Gasteiger partial charge in [-0.2, -0.15) is 10.2 Å². The van der Waals surface area contributed by atoms with Crippen LogP contribution in [0.5, 0.6) is 0 Å². The molecule has 130 valence electrons. The van der Waals surface area contributed by atoms with Crippen molar-refractivity contribution in [1.82, 2.24) is 24.5 Å². The Labute approximate surface area is 145 Å². The number of carbonyl (C=O) groups is 1. The molecule has 0 saturated heterocycles. The van der Waals surface area contributed by atoms with E-state index in [1.165, 1.54) is 0 Å². The van der Waals surface area contributed by atoms with Crippen molar-refractivity contribution in [2.75, 3.05) is 0 Å². The van der Waals surface area contributed by atoms with Crippen molar-refractivity contribution in [1.29, 1.82) is 0 Å². The van der Waals surface area contributed by atoms with Crippen molar-refractivity contribution in [2.45, 2.75) is 39.8 Å². The molecule has 0 saturated carbocycles. The Morgan fingerprint density at radius 2 is 2.12 bits per heavy atom. The summed E-state index contributed by atoms with van der Waals surface area (Å²) in [6, 6.07) is 3.59. The second-order valence-electron chi connectivity index (χ2n) is 6.13. The zero-order valence-electron chi connectivity index (χ0n) is 14.5. The molecule has 3 rings (SSSR count). The standard InChI is InChI=1S/C18H21N5O2/c1-4-9-22-14(7-8-19-22)6-5-13-10-15(18(24)25)16-11-20-23(12(2)3)17(16)21-13/h5-8,10-12H,4,9H2,1-3H3,(H,24,25). The fourth-order valence-electron chi connectivity index (χ4n) is 2.73. The molecular weight excluding hydrogens is 318 g/mol. The van der Waals surface area contributed by atoms with E-state index < -0.39 is 5.97 Å². The number of aromatic carboxylic acids is 1. The lowest BCUT2D eigenvalue weighted by atomic mass is 10.1. The summed E-state index contributed by atoms with van der Waals surface area (Å²) in [5.74, 6) is -0.985. The largest absolute Gasteiger partial charge is 0.478 e. The first-order valence-electron chi connectivity index (χ1n) is 8.32. The molecule has 0 aliphatic rings. The van der Waals surface area contributed by atoms with Crippen molar-refractivity contribution in [2.24, 2.45) is 0 Å².